The van der Waals surface area contributed by atoms with Gasteiger partial charge in [0.15, 0.2) is 0 Å². The van der Waals surface area contributed by atoms with Crippen molar-refractivity contribution in [2.45, 2.75) is 25.3 Å². The molecule has 26 heavy (non-hydrogen) atoms. The predicted octanol–water partition coefficient (Wildman–Crippen LogP) is 4.07. The molecule has 3 rings (SSSR count). The SMILES string of the molecule is Cc1nn(-c2ccccc2)c(C)c1CN(C)S(=O)(=O)c1cccc(Br)c1. The Morgan fingerprint density at radius 3 is 2.42 bits per heavy atom. The van der Waals surface area contributed by atoms with Crippen LogP contribution in [0.15, 0.2) is 64.0 Å². The van der Waals surface area contributed by atoms with Gasteiger partial charge in [0.1, 0.15) is 0 Å². The number of hydrogen-bond donors (Lipinski definition) is 0. The number of aromatic nitrogens is 2. The third-order valence-corrected chi connectivity index (χ3v) is 6.62. The van der Waals surface area contributed by atoms with Gasteiger partial charge in [0.2, 0.25) is 10.0 Å². The van der Waals surface area contributed by atoms with Gasteiger partial charge in [-0.2, -0.15) is 9.40 Å². The first-order chi connectivity index (χ1) is 12.3. The van der Waals surface area contributed by atoms with Gasteiger partial charge < -0.3 is 0 Å². The van der Waals surface area contributed by atoms with Crippen LogP contribution in [0.25, 0.3) is 5.69 Å². The average Bonchev–Trinajstić information content (AvgIpc) is 2.90. The highest BCUT2D eigenvalue weighted by molar-refractivity contribution is 9.10. The lowest BCUT2D eigenvalue weighted by molar-refractivity contribution is 0.465. The zero-order valence-corrected chi connectivity index (χ0v) is 17.3. The Balaban J connectivity index is 1.93. The van der Waals surface area contributed by atoms with Crippen LogP contribution in [0.2, 0.25) is 0 Å². The first kappa shape index (κ1) is 18.8. The maximum atomic E-state index is 12.9. The quantitative estimate of drug-likeness (QED) is 0.609. The molecule has 0 aliphatic carbocycles. The Morgan fingerprint density at radius 1 is 1.08 bits per heavy atom. The summed E-state index contributed by atoms with van der Waals surface area (Å²) >= 11 is 3.33. The number of para-hydroxylation sites is 1. The molecule has 0 saturated carbocycles. The van der Waals surface area contributed by atoms with Gasteiger partial charge >= 0.3 is 0 Å². The van der Waals surface area contributed by atoms with E-state index in [2.05, 4.69) is 21.0 Å². The van der Waals surface area contributed by atoms with E-state index in [-0.39, 0.29) is 11.4 Å². The van der Waals surface area contributed by atoms with Crippen LogP contribution in [0.1, 0.15) is 17.0 Å². The molecule has 2 aromatic carbocycles. The molecule has 5 nitrogen and oxygen atoms in total. The second kappa shape index (κ2) is 7.34. The minimum atomic E-state index is -3.58. The minimum absolute atomic E-state index is 0.263. The molecule has 0 fully saturated rings. The highest BCUT2D eigenvalue weighted by Gasteiger charge is 2.24. The largest absolute Gasteiger partial charge is 0.243 e. The zero-order chi connectivity index (χ0) is 18.9. The second-order valence-corrected chi connectivity index (χ2v) is 9.08. The number of aryl methyl sites for hydroxylation is 1. The van der Waals surface area contributed by atoms with Crippen molar-refractivity contribution in [3.63, 3.8) is 0 Å². The Morgan fingerprint density at radius 2 is 1.77 bits per heavy atom. The van der Waals surface area contributed by atoms with Crippen LogP contribution < -0.4 is 0 Å². The van der Waals surface area contributed by atoms with Gasteiger partial charge in [-0.3, -0.25) is 0 Å². The van der Waals surface area contributed by atoms with Crippen molar-refractivity contribution in [1.29, 1.82) is 0 Å². The second-order valence-electron chi connectivity index (χ2n) is 6.12. The number of halogens is 1. The molecule has 0 aliphatic heterocycles. The van der Waals surface area contributed by atoms with E-state index < -0.39 is 10.0 Å². The van der Waals surface area contributed by atoms with E-state index in [0.717, 1.165) is 27.1 Å². The summed E-state index contributed by atoms with van der Waals surface area (Å²) in [6.07, 6.45) is 0. The van der Waals surface area contributed by atoms with Crippen LogP contribution in [-0.2, 0) is 16.6 Å². The summed E-state index contributed by atoms with van der Waals surface area (Å²) in [5.74, 6) is 0. The van der Waals surface area contributed by atoms with Crippen LogP contribution in [0, 0.1) is 13.8 Å². The molecule has 7 heteroatoms. The molecular weight excluding hydrogens is 414 g/mol. The molecule has 136 valence electrons. The smallest absolute Gasteiger partial charge is 0.238 e. The standard InChI is InChI=1S/C19H20BrN3O2S/c1-14-19(15(2)23(21-14)17-9-5-4-6-10-17)13-22(3)26(24,25)18-11-7-8-16(20)12-18/h4-12H,13H2,1-3H3. The number of hydrogen-bond acceptors (Lipinski definition) is 3. The van der Waals surface area contributed by atoms with Crippen molar-refractivity contribution in [2.24, 2.45) is 0 Å². The van der Waals surface area contributed by atoms with Gasteiger partial charge in [0.25, 0.3) is 0 Å². The number of nitrogens with zero attached hydrogens (tertiary/aromatic N) is 3. The normalized spacial score (nSPS) is 11.9. The molecule has 0 aliphatic rings. The maximum Gasteiger partial charge on any atom is 0.243 e. The van der Waals surface area contributed by atoms with E-state index in [1.807, 2.05) is 48.9 Å². The molecule has 0 radical (unpaired) electrons. The van der Waals surface area contributed by atoms with Crippen molar-refractivity contribution in [2.75, 3.05) is 7.05 Å². The Bertz CT molecular complexity index is 1030. The number of rotatable bonds is 5. The maximum absolute atomic E-state index is 12.9. The van der Waals surface area contributed by atoms with Gasteiger partial charge in [0.05, 0.1) is 16.3 Å². The summed E-state index contributed by atoms with van der Waals surface area (Å²) in [4.78, 5) is 0.264. The molecule has 1 heterocycles. The van der Waals surface area contributed by atoms with E-state index >= 15 is 0 Å². The lowest BCUT2D eigenvalue weighted by Crippen LogP contribution is -2.27. The van der Waals surface area contributed by atoms with Crippen molar-refractivity contribution in [3.05, 3.63) is 76.0 Å². The predicted molar refractivity (Wildman–Crippen MR) is 106 cm³/mol. The number of sulfonamides is 1. The molecule has 0 atom stereocenters. The lowest BCUT2D eigenvalue weighted by Gasteiger charge is -2.18. The first-order valence-corrected chi connectivity index (χ1v) is 10.4. The molecule has 0 amide bonds. The monoisotopic (exact) mass is 433 g/mol. The summed E-state index contributed by atoms with van der Waals surface area (Å²) in [5, 5.41) is 4.59. The highest BCUT2D eigenvalue weighted by Crippen LogP contribution is 2.24. The summed E-state index contributed by atoms with van der Waals surface area (Å²) < 4.78 is 29.7. The van der Waals surface area contributed by atoms with Gasteiger partial charge in [0, 0.05) is 29.3 Å². The molecule has 0 spiro atoms. The average molecular weight is 434 g/mol. The van der Waals surface area contributed by atoms with Crippen LogP contribution >= 0.6 is 15.9 Å². The van der Waals surface area contributed by atoms with E-state index in [9.17, 15) is 8.42 Å². The molecule has 1 aromatic heterocycles. The van der Waals surface area contributed by atoms with Crippen LogP contribution in [0.5, 0.6) is 0 Å². The fourth-order valence-corrected chi connectivity index (χ4v) is 4.58. The van der Waals surface area contributed by atoms with Gasteiger partial charge in [-0.15, -0.1) is 0 Å². The van der Waals surface area contributed by atoms with Crippen LogP contribution in [-0.4, -0.2) is 29.6 Å². The highest BCUT2D eigenvalue weighted by atomic mass is 79.9. The van der Waals surface area contributed by atoms with E-state index in [0.29, 0.717) is 0 Å². The third-order valence-electron chi connectivity index (χ3n) is 4.33. The van der Waals surface area contributed by atoms with Crippen molar-refractivity contribution in [1.82, 2.24) is 14.1 Å². The summed E-state index contributed by atoms with van der Waals surface area (Å²) in [7, 11) is -1.99. The van der Waals surface area contributed by atoms with Gasteiger partial charge in [-0.1, -0.05) is 40.2 Å². The van der Waals surface area contributed by atoms with E-state index in [1.165, 1.54) is 4.31 Å². The van der Waals surface area contributed by atoms with E-state index in [4.69, 9.17) is 0 Å². The van der Waals surface area contributed by atoms with Gasteiger partial charge in [-0.25, -0.2) is 13.1 Å². The molecule has 0 unspecified atom stereocenters. The number of benzene rings is 2. The van der Waals surface area contributed by atoms with Gasteiger partial charge in [-0.05, 0) is 44.2 Å². The van der Waals surface area contributed by atoms with Crippen molar-refractivity contribution in [3.8, 4) is 5.69 Å². The minimum Gasteiger partial charge on any atom is -0.238 e. The molecule has 0 N–H and O–H groups in total. The Kier molecular flexibility index (Phi) is 5.32. The molecule has 0 saturated heterocycles. The summed E-state index contributed by atoms with van der Waals surface area (Å²) in [6.45, 7) is 4.13. The van der Waals surface area contributed by atoms with Crippen LogP contribution in [0.4, 0.5) is 0 Å². The summed E-state index contributed by atoms with van der Waals surface area (Å²) in [6, 6.07) is 16.5. The fourth-order valence-electron chi connectivity index (χ4n) is 2.84. The van der Waals surface area contributed by atoms with Crippen molar-refractivity contribution < 1.29 is 8.42 Å². The fraction of sp³-hybridized carbons (Fsp3) is 0.211. The third kappa shape index (κ3) is 3.60. The summed E-state index contributed by atoms with van der Waals surface area (Å²) in [5.41, 5.74) is 3.62. The topological polar surface area (TPSA) is 55.2 Å². The van der Waals surface area contributed by atoms with Crippen LogP contribution in [0.3, 0.4) is 0 Å². The lowest BCUT2D eigenvalue weighted by atomic mass is 10.2. The van der Waals surface area contributed by atoms with Crippen molar-refractivity contribution >= 4 is 26.0 Å². The Hall–Kier alpha value is -1.96. The molecular formula is C19H20BrN3O2S. The molecule has 3 aromatic rings. The zero-order valence-electron chi connectivity index (χ0n) is 14.8. The van der Waals surface area contributed by atoms with E-state index in [1.54, 1.807) is 31.3 Å². The Labute approximate surface area is 162 Å². The molecule has 0 bridgehead atoms. The first-order valence-electron chi connectivity index (χ1n) is 8.13.